The summed E-state index contributed by atoms with van der Waals surface area (Å²) in [6.45, 7) is 4.08. The molecule has 2 rings (SSSR count). The maximum Gasteiger partial charge on any atom is 0.135 e. The molecule has 3 nitrogen and oxygen atoms in total. The van der Waals surface area contributed by atoms with Gasteiger partial charge in [-0.15, -0.1) is 11.8 Å². The topological polar surface area (TPSA) is 38.7 Å². The molecule has 0 spiro atoms. The van der Waals surface area contributed by atoms with E-state index >= 15 is 0 Å². The molecule has 1 N–H and O–H groups in total. The minimum atomic E-state index is -0.321. The van der Waals surface area contributed by atoms with E-state index in [1.54, 1.807) is 11.8 Å². The van der Waals surface area contributed by atoms with Crippen molar-refractivity contribution in [3.63, 3.8) is 0 Å². The van der Waals surface area contributed by atoms with E-state index in [4.69, 9.17) is 9.47 Å². The Labute approximate surface area is 75.7 Å². The molecule has 0 saturated carbocycles. The predicted octanol–water partition coefficient (Wildman–Crippen LogP) is 0.390. The van der Waals surface area contributed by atoms with Crippen molar-refractivity contribution in [1.82, 2.24) is 0 Å². The minimum absolute atomic E-state index is 0.0278. The van der Waals surface area contributed by atoms with Crippen LogP contribution in [0.15, 0.2) is 12.8 Å². The van der Waals surface area contributed by atoms with E-state index in [2.05, 4.69) is 6.58 Å². The lowest BCUT2D eigenvalue weighted by Gasteiger charge is -2.14. The van der Waals surface area contributed by atoms with Crippen LogP contribution in [0.1, 0.15) is 0 Å². The van der Waals surface area contributed by atoms with Crippen LogP contribution in [0.4, 0.5) is 0 Å². The molecule has 0 amide bonds. The maximum absolute atomic E-state index is 9.46. The van der Waals surface area contributed by atoms with Crippen molar-refractivity contribution < 1.29 is 14.6 Å². The summed E-state index contributed by atoms with van der Waals surface area (Å²) in [7, 11) is 0. The largest absolute Gasteiger partial charge is 0.495 e. The summed E-state index contributed by atoms with van der Waals surface area (Å²) in [4.78, 5) is 0. The van der Waals surface area contributed by atoms with Crippen molar-refractivity contribution in [2.45, 2.75) is 23.6 Å². The lowest BCUT2D eigenvalue weighted by molar-refractivity contribution is 0.0135. The number of aliphatic hydroxyl groups is 1. The molecule has 0 aromatic heterocycles. The first-order valence-corrected chi connectivity index (χ1v) is 5.05. The highest BCUT2D eigenvalue weighted by atomic mass is 32.2. The van der Waals surface area contributed by atoms with Gasteiger partial charge in [-0.2, -0.15) is 0 Å². The Morgan fingerprint density at radius 3 is 3.25 bits per heavy atom. The van der Waals surface area contributed by atoms with Crippen LogP contribution < -0.4 is 0 Å². The van der Waals surface area contributed by atoms with E-state index in [0.717, 1.165) is 5.75 Å². The highest BCUT2D eigenvalue weighted by Gasteiger charge is 2.47. The molecule has 2 heterocycles. The van der Waals surface area contributed by atoms with Gasteiger partial charge >= 0.3 is 0 Å². The quantitative estimate of drug-likeness (QED) is 0.636. The van der Waals surface area contributed by atoms with E-state index in [-0.39, 0.29) is 23.6 Å². The van der Waals surface area contributed by atoms with Crippen molar-refractivity contribution in [3.8, 4) is 0 Å². The molecular formula is C8H12O3S. The van der Waals surface area contributed by atoms with Crippen LogP contribution >= 0.6 is 11.8 Å². The second-order valence-corrected chi connectivity index (χ2v) is 4.22. The third kappa shape index (κ3) is 1.24. The molecule has 0 aliphatic carbocycles. The summed E-state index contributed by atoms with van der Waals surface area (Å²) in [6, 6.07) is 0. The molecule has 2 aliphatic rings. The lowest BCUT2D eigenvalue weighted by Crippen LogP contribution is -2.30. The molecule has 2 saturated heterocycles. The summed E-state index contributed by atoms with van der Waals surface area (Å²) in [6.07, 6.45) is 1.18. The Morgan fingerprint density at radius 1 is 1.67 bits per heavy atom. The zero-order chi connectivity index (χ0) is 8.55. The van der Waals surface area contributed by atoms with Gasteiger partial charge in [0, 0.05) is 5.75 Å². The third-order valence-corrected chi connectivity index (χ3v) is 3.74. The fourth-order valence-corrected chi connectivity index (χ4v) is 3.10. The molecule has 0 aromatic carbocycles. The van der Waals surface area contributed by atoms with Crippen LogP contribution in [0.2, 0.25) is 0 Å². The molecular weight excluding hydrogens is 176 g/mol. The second-order valence-electron chi connectivity index (χ2n) is 3.00. The average Bonchev–Trinajstić information content (AvgIpc) is 2.58. The number of hydrogen-bond acceptors (Lipinski definition) is 4. The van der Waals surface area contributed by atoms with E-state index < -0.39 is 0 Å². The zero-order valence-corrected chi connectivity index (χ0v) is 7.50. The first-order chi connectivity index (χ1) is 5.83. The van der Waals surface area contributed by atoms with Crippen molar-refractivity contribution in [3.05, 3.63) is 12.8 Å². The van der Waals surface area contributed by atoms with Crippen molar-refractivity contribution in [1.29, 1.82) is 0 Å². The molecule has 4 heteroatoms. The summed E-state index contributed by atoms with van der Waals surface area (Å²) in [5, 5.41) is 9.75. The van der Waals surface area contributed by atoms with Gasteiger partial charge in [0.05, 0.1) is 30.3 Å². The Kier molecular flexibility index (Phi) is 2.30. The highest BCUT2D eigenvalue weighted by molar-refractivity contribution is 8.00. The van der Waals surface area contributed by atoms with Gasteiger partial charge in [0.2, 0.25) is 0 Å². The molecule has 12 heavy (non-hydrogen) atoms. The van der Waals surface area contributed by atoms with Crippen LogP contribution in [0.25, 0.3) is 0 Å². The number of rotatable bonds is 2. The number of ether oxygens (including phenoxy) is 2. The van der Waals surface area contributed by atoms with Crippen LogP contribution in [0.3, 0.4) is 0 Å². The first kappa shape index (κ1) is 8.41. The fraction of sp³-hybridized carbons (Fsp3) is 0.750. The highest BCUT2D eigenvalue weighted by Crippen LogP contribution is 2.37. The SMILES string of the molecule is C=CO[C@@H]1CO[C@H]2[C@@H]1SC[C@@H]2O. The number of thioether (sulfide) groups is 1. The number of hydrogen-bond donors (Lipinski definition) is 1. The number of aliphatic hydroxyl groups excluding tert-OH is 1. The van der Waals surface area contributed by atoms with Gasteiger partial charge in [0.15, 0.2) is 0 Å². The van der Waals surface area contributed by atoms with Gasteiger partial charge < -0.3 is 14.6 Å². The molecule has 0 radical (unpaired) electrons. The molecule has 0 unspecified atom stereocenters. The van der Waals surface area contributed by atoms with Gasteiger partial charge in [0.25, 0.3) is 0 Å². The van der Waals surface area contributed by atoms with Crippen LogP contribution in [0.5, 0.6) is 0 Å². The fourth-order valence-electron chi connectivity index (χ4n) is 1.68. The van der Waals surface area contributed by atoms with E-state index in [0.29, 0.717) is 6.61 Å². The molecule has 68 valence electrons. The van der Waals surface area contributed by atoms with Crippen molar-refractivity contribution >= 4 is 11.8 Å². The van der Waals surface area contributed by atoms with Crippen LogP contribution in [-0.4, -0.2) is 41.0 Å². The molecule has 4 atom stereocenters. The summed E-state index contributed by atoms with van der Waals surface area (Å²) >= 11 is 1.72. The van der Waals surface area contributed by atoms with E-state index in [1.807, 2.05) is 0 Å². The van der Waals surface area contributed by atoms with Gasteiger partial charge in [-0.1, -0.05) is 6.58 Å². The Bertz CT molecular complexity index is 185. The van der Waals surface area contributed by atoms with Crippen molar-refractivity contribution in [2.75, 3.05) is 12.4 Å². The molecule has 2 fully saturated rings. The van der Waals surface area contributed by atoms with Gasteiger partial charge in [-0.05, 0) is 0 Å². The zero-order valence-electron chi connectivity index (χ0n) is 6.68. The van der Waals surface area contributed by atoms with Crippen molar-refractivity contribution in [2.24, 2.45) is 0 Å². The van der Waals surface area contributed by atoms with Crippen LogP contribution in [0, 0.1) is 0 Å². The molecule has 0 bridgehead atoms. The van der Waals surface area contributed by atoms with Gasteiger partial charge in [0.1, 0.15) is 6.10 Å². The summed E-state index contributed by atoms with van der Waals surface area (Å²) < 4.78 is 10.7. The average molecular weight is 188 g/mol. The van der Waals surface area contributed by atoms with E-state index in [9.17, 15) is 5.11 Å². The Balaban J connectivity index is 2.00. The third-order valence-electron chi connectivity index (χ3n) is 2.25. The van der Waals surface area contributed by atoms with Gasteiger partial charge in [-0.3, -0.25) is 0 Å². The molecule has 2 aliphatic heterocycles. The molecule has 0 aromatic rings. The number of fused-ring (bicyclic) bond motifs is 1. The Hall–Kier alpha value is -0.190. The maximum atomic E-state index is 9.46. The summed E-state index contributed by atoms with van der Waals surface area (Å²) in [5.74, 6) is 0.756. The van der Waals surface area contributed by atoms with Gasteiger partial charge in [-0.25, -0.2) is 0 Å². The lowest BCUT2D eigenvalue weighted by atomic mass is 10.1. The smallest absolute Gasteiger partial charge is 0.135 e. The normalized spacial score (nSPS) is 45.8. The van der Waals surface area contributed by atoms with Crippen LogP contribution in [-0.2, 0) is 9.47 Å². The van der Waals surface area contributed by atoms with E-state index in [1.165, 1.54) is 6.26 Å². The second kappa shape index (κ2) is 3.28. The minimum Gasteiger partial charge on any atom is -0.495 e. The first-order valence-electron chi connectivity index (χ1n) is 4.00. The monoisotopic (exact) mass is 188 g/mol. The summed E-state index contributed by atoms with van der Waals surface area (Å²) in [5.41, 5.74) is 0. The Morgan fingerprint density at radius 2 is 2.50 bits per heavy atom. The standard InChI is InChI=1S/C8H12O3S/c1-2-10-6-3-11-7-5(9)4-12-8(6)7/h2,5-9H,1,3-4H2/t5-,6+,7+,8+/m0/s1. The predicted molar refractivity (Wildman–Crippen MR) is 47.1 cm³/mol.